The fourth-order valence-electron chi connectivity index (χ4n) is 1.77. The Morgan fingerprint density at radius 3 is 2.43 bits per heavy atom. The molecule has 1 amide bonds. The van der Waals surface area contributed by atoms with Crippen molar-refractivity contribution in [2.24, 2.45) is 0 Å². The number of nitrogen functional groups attached to an aromatic ring is 1. The first-order valence-corrected chi connectivity index (χ1v) is 8.39. The van der Waals surface area contributed by atoms with Crippen LogP contribution in [0.1, 0.15) is 30.9 Å². The van der Waals surface area contributed by atoms with Crippen molar-refractivity contribution in [2.45, 2.75) is 38.5 Å². The number of aryl methyl sites for hydroxylation is 2. The van der Waals surface area contributed by atoms with Gasteiger partial charge in [-0.25, -0.2) is 13.1 Å². The third-order valence-corrected chi connectivity index (χ3v) is 4.65. The maximum atomic E-state index is 12.2. The summed E-state index contributed by atoms with van der Waals surface area (Å²) in [7, 11) is -3.70. The molecule has 0 atom stereocenters. The highest BCUT2D eigenvalue weighted by molar-refractivity contribution is 7.89. The molecule has 0 aromatic heterocycles. The quantitative estimate of drug-likeness (QED) is 0.656. The number of nitrogens with one attached hydrogen (secondary N) is 2. The topological polar surface area (TPSA) is 101 Å². The number of hydrogen-bond donors (Lipinski definition) is 3. The van der Waals surface area contributed by atoms with Gasteiger partial charge in [0.15, 0.2) is 0 Å². The molecule has 0 radical (unpaired) electrons. The van der Waals surface area contributed by atoms with E-state index in [0.29, 0.717) is 6.54 Å². The number of carbonyl (C=O) groups is 1. The van der Waals surface area contributed by atoms with Gasteiger partial charge in [-0.2, -0.15) is 0 Å². The molecule has 7 heteroatoms. The van der Waals surface area contributed by atoms with Gasteiger partial charge in [0.1, 0.15) is 4.90 Å². The van der Waals surface area contributed by atoms with E-state index in [0.717, 1.165) is 17.5 Å². The van der Waals surface area contributed by atoms with Gasteiger partial charge in [-0.3, -0.25) is 4.79 Å². The Hall–Kier alpha value is -1.60. The van der Waals surface area contributed by atoms with Crippen molar-refractivity contribution < 1.29 is 13.2 Å². The van der Waals surface area contributed by atoms with Crippen LogP contribution in [-0.4, -0.2) is 27.4 Å². The van der Waals surface area contributed by atoms with Gasteiger partial charge < -0.3 is 11.1 Å². The number of benzene rings is 1. The van der Waals surface area contributed by atoms with Gasteiger partial charge >= 0.3 is 0 Å². The first kappa shape index (κ1) is 17.5. The lowest BCUT2D eigenvalue weighted by atomic mass is 10.1. The van der Waals surface area contributed by atoms with Gasteiger partial charge in [-0.15, -0.1) is 0 Å². The van der Waals surface area contributed by atoms with Crippen LogP contribution in [0.3, 0.4) is 0 Å². The number of sulfonamides is 1. The molecule has 1 rings (SSSR count). The van der Waals surface area contributed by atoms with Crippen molar-refractivity contribution in [3.05, 3.63) is 23.3 Å². The molecule has 0 unspecified atom stereocenters. The summed E-state index contributed by atoms with van der Waals surface area (Å²) < 4.78 is 26.8. The first-order chi connectivity index (χ1) is 9.77. The van der Waals surface area contributed by atoms with E-state index in [1.165, 1.54) is 0 Å². The van der Waals surface area contributed by atoms with Crippen LogP contribution in [0.2, 0.25) is 0 Å². The van der Waals surface area contributed by atoms with Crippen molar-refractivity contribution in [3.63, 3.8) is 0 Å². The summed E-state index contributed by atoms with van der Waals surface area (Å²) >= 11 is 0. The van der Waals surface area contributed by atoms with E-state index in [-0.39, 0.29) is 29.5 Å². The number of rotatable bonds is 7. The molecule has 6 nitrogen and oxygen atoms in total. The molecule has 0 heterocycles. The zero-order valence-electron chi connectivity index (χ0n) is 12.7. The Kier molecular flexibility index (Phi) is 6.17. The molecule has 0 saturated carbocycles. The standard InChI is InChI=1S/C14H23N3O3S/c1-4-6-16-14(18)5-7-17-21(19,20)13-9-11(3)10(2)8-12(13)15/h8-9,17H,4-7,15H2,1-3H3,(H,16,18). The maximum Gasteiger partial charge on any atom is 0.242 e. The summed E-state index contributed by atoms with van der Waals surface area (Å²) in [6.07, 6.45) is 0.945. The molecule has 4 N–H and O–H groups in total. The van der Waals surface area contributed by atoms with E-state index in [9.17, 15) is 13.2 Å². The lowest BCUT2D eigenvalue weighted by molar-refractivity contribution is -0.120. The maximum absolute atomic E-state index is 12.2. The van der Waals surface area contributed by atoms with E-state index < -0.39 is 10.0 Å². The molecule has 1 aromatic carbocycles. The van der Waals surface area contributed by atoms with Crippen molar-refractivity contribution in [1.82, 2.24) is 10.0 Å². The molecule has 0 aliphatic heterocycles. The lowest BCUT2D eigenvalue weighted by Gasteiger charge is -2.11. The number of carbonyl (C=O) groups excluding carboxylic acids is 1. The van der Waals surface area contributed by atoms with E-state index in [1.54, 1.807) is 12.1 Å². The number of hydrogen-bond acceptors (Lipinski definition) is 4. The van der Waals surface area contributed by atoms with Crippen molar-refractivity contribution >= 4 is 21.6 Å². The average Bonchev–Trinajstić information content (AvgIpc) is 2.40. The molecular formula is C14H23N3O3S. The second-order valence-corrected chi connectivity index (χ2v) is 6.71. The lowest BCUT2D eigenvalue weighted by Crippen LogP contribution is -2.31. The summed E-state index contributed by atoms with van der Waals surface area (Å²) in [5.74, 6) is -0.174. The minimum Gasteiger partial charge on any atom is -0.398 e. The SMILES string of the molecule is CCCNC(=O)CCNS(=O)(=O)c1cc(C)c(C)cc1N. The Morgan fingerprint density at radius 1 is 1.19 bits per heavy atom. The Morgan fingerprint density at radius 2 is 1.81 bits per heavy atom. The van der Waals surface area contributed by atoms with E-state index in [4.69, 9.17) is 5.73 Å². The van der Waals surface area contributed by atoms with Gasteiger partial charge in [0.25, 0.3) is 0 Å². The number of amides is 1. The van der Waals surface area contributed by atoms with Crippen LogP contribution in [-0.2, 0) is 14.8 Å². The predicted molar refractivity (Wildman–Crippen MR) is 83.4 cm³/mol. The largest absolute Gasteiger partial charge is 0.398 e. The molecule has 0 saturated heterocycles. The second kappa shape index (κ2) is 7.42. The fourth-order valence-corrected chi connectivity index (χ4v) is 3.00. The zero-order valence-corrected chi connectivity index (χ0v) is 13.5. The summed E-state index contributed by atoms with van der Waals surface area (Å²) in [4.78, 5) is 11.5. The molecule has 1 aromatic rings. The smallest absolute Gasteiger partial charge is 0.242 e. The van der Waals surface area contributed by atoms with Crippen LogP contribution in [0.5, 0.6) is 0 Å². The highest BCUT2D eigenvalue weighted by Gasteiger charge is 2.18. The number of anilines is 1. The zero-order chi connectivity index (χ0) is 16.0. The molecule has 0 fully saturated rings. The van der Waals surface area contributed by atoms with Crippen LogP contribution < -0.4 is 15.8 Å². The third-order valence-electron chi connectivity index (χ3n) is 3.13. The summed E-state index contributed by atoms with van der Waals surface area (Å²) in [5.41, 5.74) is 7.77. The molecule has 0 spiro atoms. The van der Waals surface area contributed by atoms with Crippen molar-refractivity contribution in [1.29, 1.82) is 0 Å². The van der Waals surface area contributed by atoms with E-state index >= 15 is 0 Å². The molecule has 0 aliphatic carbocycles. The monoisotopic (exact) mass is 313 g/mol. The summed E-state index contributed by atoms with van der Waals surface area (Å²) in [6, 6.07) is 3.18. The molecule has 0 bridgehead atoms. The highest BCUT2D eigenvalue weighted by Crippen LogP contribution is 2.22. The number of nitrogens with two attached hydrogens (primary N) is 1. The minimum absolute atomic E-state index is 0.0459. The molecule has 0 aliphatic rings. The summed E-state index contributed by atoms with van der Waals surface area (Å²) in [5, 5.41) is 2.69. The molecule has 118 valence electrons. The van der Waals surface area contributed by atoms with Gasteiger partial charge in [-0.05, 0) is 43.5 Å². The summed E-state index contributed by atoms with van der Waals surface area (Å²) in [6.45, 7) is 6.28. The Bertz CT molecular complexity index is 612. The van der Waals surface area contributed by atoms with Gasteiger partial charge in [0.05, 0.1) is 5.69 Å². The van der Waals surface area contributed by atoms with Gasteiger partial charge in [-0.1, -0.05) is 6.92 Å². The Balaban J connectivity index is 2.70. The molecule has 21 heavy (non-hydrogen) atoms. The first-order valence-electron chi connectivity index (χ1n) is 6.91. The minimum atomic E-state index is -3.70. The van der Waals surface area contributed by atoms with Crippen molar-refractivity contribution in [3.8, 4) is 0 Å². The predicted octanol–water partition coefficient (Wildman–Crippen LogP) is 1.08. The van der Waals surface area contributed by atoms with Gasteiger partial charge in [0, 0.05) is 19.5 Å². The van der Waals surface area contributed by atoms with E-state index in [1.807, 2.05) is 20.8 Å². The Labute approximate surface area is 126 Å². The van der Waals surface area contributed by atoms with Crippen LogP contribution in [0, 0.1) is 13.8 Å². The third kappa shape index (κ3) is 5.02. The normalized spacial score (nSPS) is 11.4. The fraction of sp³-hybridized carbons (Fsp3) is 0.500. The van der Waals surface area contributed by atoms with Crippen LogP contribution in [0.4, 0.5) is 5.69 Å². The van der Waals surface area contributed by atoms with Crippen LogP contribution >= 0.6 is 0 Å². The average molecular weight is 313 g/mol. The second-order valence-electron chi connectivity index (χ2n) is 4.97. The van der Waals surface area contributed by atoms with Crippen LogP contribution in [0.15, 0.2) is 17.0 Å². The van der Waals surface area contributed by atoms with Gasteiger partial charge in [0.2, 0.25) is 15.9 Å². The van der Waals surface area contributed by atoms with Crippen molar-refractivity contribution in [2.75, 3.05) is 18.8 Å². The van der Waals surface area contributed by atoms with Crippen LogP contribution in [0.25, 0.3) is 0 Å². The van der Waals surface area contributed by atoms with E-state index in [2.05, 4.69) is 10.0 Å². The highest BCUT2D eigenvalue weighted by atomic mass is 32.2. The molecular weight excluding hydrogens is 290 g/mol.